The molecule has 0 amide bonds. The molecule has 6 heteroatoms. The van der Waals surface area contributed by atoms with Crippen LogP contribution in [0.2, 0.25) is 0 Å². The van der Waals surface area contributed by atoms with E-state index in [-0.39, 0.29) is 23.5 Å². The van der Waals surface area contributed by atoms with Crippen LogP contribution in [0.1, 0.15) is 26.7 Å². The van der Waals surface area contributed by atoms with Crippen molar-refractivity contribution in [3.05, 3.63) is 0 Å². The third kappa shape index (κ3) is 5.92. The molecule has 0 spiro atoms. The van der Waals surface area contributed by atoms with Crippen molar-refractivity contribution in [2.75, 3.05) is 0 Å². The second kappa shape index (κ2) is 7.36. The summed E-state index contributed by atoms with van der Waals surface area (Å²) >= 11 is 17.2. The number of halogens is 3. The summed E-state index contributed by atoms with van der Waals surface area (Å²) in [6.07, 6.45) is 0.579. The molecule has 0 bridgehead atoms. The second-order valence-corrected chi connectivity index (χ2v) is 5.69. The fourth-order valence-corrected chi connectivity index (χ4v) is 2.21. The second-order valence-electron chi connectivity index (χ2n) is 3.86. The topological polar surface area (TPSA) is 54.4 Å². The molecule has 94 valence electrons. The van der Waals surface area contributed by atoms with Gasteiger partial charge in [0.25, 0.3) is 0 Å². The van der Waals surface area contributed by atoms with Crippen LogP contribution in [-0.2, 0) is 9.59 Å². The third-order valence-electron chi connectivity index (χ3n) is 2.42. The molecule has 3 unspecified atom stereocenters. The predicted molar refractivity (Wildman–Crippen MR) is 65.3 cm³/mol. The molecule has 0 heterocycles. The van der Waals surface area contributed by atoms with Crippen LogP contribution >= 0.6 is 34.8 Å². The van der Waals surface area contributed by atoms with Gasteiger partial charge in [-0.15, -0.1) is 34.8 Å². The number of carboxylic acid groups (broad SMARTS) is 1. The molecule has 0 aromatic carbocycles. The fraction of sp³-hybridized carbons (Fsp3) is 0.800. The zero-order valence-electron chi connectivity index (χ0n) is 9.12. The minimum Gasteiger partial charge on any atom is -0.481 e. The van der Waals surface area contributed by atoms with Crippen molar-refractivity contribution >= 4 is 46.6 Å². The van der Waals surface area contributed by atoms with E-state index in [1.165, 1.54) is 6.92 Å². The number of alkyl halides is 3. The number of rotatable bonds is 7. The fourth-order valence-electron chi connectivity index (χ4n) is 1.36. The molecule has 0 aromatic heterocycles. The zero-order chi connectivity index (χ0) is 12.9. The van der Waals surface area contributed by atoms with Gasteiger partial charge in [-0.2, -0.15) is 0 Å². The van der Waals surface area contributed by atoms with Crippen molar-refractivity contribution < 1.29 is 14.7 Å². The Balaban J connectivity index is 4.34. The molecule has 0 aliphatic rings. The van der Waals surface area contributed by atoms with Crippen LogP contribution in [0, 0.1) is 11.8 Å². The lowest BCUT2D eigenvalue weighted by molar-refractivity contribution is -0.146. The van der Waals surface area contributed by atoms with Gasteiger partial charge in [0, 0.05) is 5.38 Å². The van der Waals surface area contributed by atoms with Gasteiger partial charge >= 0.3 is 5.97 Å². The van der Waals surface area contributed by atoms with Crippen molar-refractivity contribution in [1.82, 2.24) is 0 Å². The lowest BCUT2D eigenvalue weighted by Gasteiger charge is -2.20. The molecule has 0 saturated heterocycles. The van der Waals surface area contributed by atoms with E-state index < -0.39 is 16.7 Å². The van der Waals surface area contributed by atoms with E-state index in [0.29, 0.717) is 6.42 Å². The van der Waals surface area contributed by atoms with E-state index in [1.54, 1.807) is 6.92 Å². The van der Waals surface area contributed by atoms with E-state index >= 15 is 0 Å². The Morgan fingerprint density at radius 1 is 1.19 bits per heavy atom. The summed E-state index contributed by atoms with van der Waals surface area (Å²) in [5.41, 5.74) is 0. The minimum atomic E-state index is -1.11. The first kappa shape index (κ1) is 16.0. The van der Waals surface area contributed by atoms with E-state index in [9.17, 15) is 9.59 Å². The molecule has 0 aliphatic carbocycles. The van der Waals surface area contributed by atoms with Crippen LogP contribution in [-0.4, -0.2) is 27.1 Å². The Labute approximate surface area is 110 Å². The molecule has 3 atom stereocenters. The first-order valence-corrected chi connectivity index (χ1v) is 6.22. The van der Waals surface area contributed by atoms with Crippen molar-refractivity contribution in [1.29, 1.82) is 0 Å². The van der Waals surface area contributed by atoms with Crippen LogP contribution in [0.3, 0.4) is 0 Å². The van der Waals surface area contributed by atoms with Gasteiger partial charge < -0.3 is 5.11 Å². The SMILES string of the molecule is CC(=O)C(CC(C)C(Cl)CC(Cl)Cl)C(=O)O. The van der Waals surface area contributed by atoms with Crippen molar-refractivity contribution in [3.63, 3.8) is 0 Å². The summed E-state index contributed by atoms with van der Waals surface area (Å²) < 4.78 is 0. The van der Waals surface area contributed by atoms with Crippen molar-refractivity contribution in [3.8, 4) is 0 Å². The molecule has 1 N–H and O–H groups in total. The van der Waals surface area contributed by atoms with Gasteiger partial charge in [0.05, 0.1) is 0 Å². The van der Waals surface area contributed by atoms with E-state index in [4.69, 9.17) is 39.9 Å². The smallest absolute Gasteiger partial charge is 0.314 e. The van der Waals surface area contributed by atoms with Gasteiger partial charge in [-0.3, -0.25) is 9.59 Å². The van der Waals surface area contributed by atoms with Crippen LogP contribution in [0.15, 0.2) is 0 Å². The standard InChI is InChI=1S/C10H15Cl3O3/c1-5(8(11)4-9(12)13)3-7(6(2)14)10(15)16/h5,7-9H,3-4H2,1-2H3,(H,15,16). The maximum Gasteiger partial charge on any atom is 0.314 e. The summed E-state index contributed by atoms with van der Waals surface area (Å²) in [6.45, 7) is 3.05. The van der Waals surface area contributed by atoms with Crippen molar-refractivity contribution in [2.45, 2.75) is 36.9 Å². The summed E-state index contributed by atoms with van der Waals surface area (Å²) in [5.74, 6) is -2.61. The monoisotopic (exact) mass is 288 g/mol. The van der Waals surface area contributed by atoms with Crippen molar-refractivity contribution in [2.24, 2.45) is 11.8 Å². The summed E-state index contributed by atoms with van der Waals surface area (Å²) in [6, 6.07) is 0. The Hall–Kier alpha value is 0.01000. The van der Waals surface area contributed by atoms with Gasteiger partial charge in [-0.1, -0.05) is 6.92 Å². The third-order valence-corrected chi connectivity index (χ3v) is 3.38. The van der Waals surface area contributed by atoms with Crippen LogP contribution < -0.4 is 0 Å². The summed E-state index contributed by atoms with van der Waals surface area (Å²) in [7, 11) is 0. The van der Waals surface area contributed by atoms with Crippen LogP contribution in [0.4, 0.5) is 0 Å². The quantitative estimate of drug-likeness (QED) is 0.579. The van der Waals surface area contributed by atoms with E-state index in [0.717, 1.165) is 0 Å². The predicted octanol–water partition coefficient (Wildman–Crippen LogP) is 3.10. The number of carbonyl (C=O) groups excluding carboxylic acids is 1. The number of Topliss-reactive ketones (excluding diaryl/α,β-unsaturated/α-hetero) is 1. The maximum absolute atomic E-state index is 11.1. The number of carboxylic acids is 1. The number of hydrogen-bond acceptors (Lipinski definition) is 2. The molecule has 0 aliphatic heterocycles. The molecule has 0 rings (SSSR count). The highest BCUT2D eigenvalue weighted by Crippen LogP contribution is 2.26. The Morgan fingerprint density at radius 2 is 1.69 bits per heavy atom. The molecular weight excluding hydrogens is 274 g/mol. The van der Waals surface area contributed by atoms with Crippen LogP contribution in [0.5, 0.6) is 0 Å². The molecule has 0 aromatic rings. The average molecular weight is 290 g/mol. The number of aliphatic carboxylic acids is 1. The normalized spacial score (nSPS) is 16.9. The highest BCUT2D eigenvalue weighted by atomic mass is 35.5. The first-order chi connectivity index (χ1) is 7.25. The minimum absolute atomic E-state index is 0.133. The summed E-state index contributed by atoms with van der Waals surface area (Å²) in [4.78, 5) is 21.3. The Bertz CT molecular complexity index is 242. The number of ketones is 1. The van der Waals surface area contributed by atoms with E-state index in [1.807, 2.05) is 0 Å². The Morgan fingerprint density at radius 3 is 2.00 bits per heavy atom. The molecule has 0 saturated carbocycles. The molecule has 0 fully saturated rings. The van der Waals surface area contributed by atoms with E-state index in [2.05, 4.69) is 0 Å². The maximum atomic E-state index is 11.1. The lowest BCUT2D eigenvalue weighted by Crippen LogP contribution is -2.27. The van der Waals surface area contributed by atoms with Crippen LogP contribution in [0.25, 0.3) is 0 Å². The highest BCUT2D eigenvalue weighted by molar-refractivity contribution is 6.44. The highest BCUT2D eigenvalue weighted by Gasteiger charge is 2.28. The molecule has 16 heavy (non-hydrogen) atoms. The number of carbonyl (C=O) groups is 2. The van der Waals surface area contributed by atoms with Gasteiger partial charge in [0.2, 0.25) is 0 Å². The molecule has 0 radical (unpaired) electrons. The average Bonchev–Trinajstić information content (AvgIpc) is 2.11. The first-order valence-electron chi connectivity index (χ1n) is 4.91. The largest absolute Gasteiger partial charge is 0.481 e. The number of hydrogen-bond donors (Lipinski definition) is 1. The lowest BCUT2D eigenvalue weighted by atomic mass is 9.90. The van der Waals surface area contributed by atoms with Gasteiger partial charge in [-0.25, -0.2) is 0 Å². The molecule has 3 nitrogen and oxygen atoms in total. The summed E-state index contributed by atoms with van der Waals surface area (Å²) in [5, 5.41) is 8.51. The Kier molecular flexibility index (Phi) is 7.36. The van der Waals surface area contributed by atoms with Gasteiger partial charge in [-0.05, 0) is 25.7 Å². The molecular formula is C10H15Cl3O3. The van der Waals surface area contributed by atoms with Gasteiger partial charge in [0.1, 0.15) is 16.5 Å². The zero-order valence-corrected chi connectivity index (χ0v) is 11.4. The van der Waals surface area contributed by atoms with Gasteiger partial charge in [0.15, 0.2) is 0 Å².